The zero-order valence-electron chi connectivity index (χ0n) is 48.1. The molecule has 2 N–H and O–H groups in total. The molecule has 86 heavy (non-hydrogen) atoms. The summed E-state index contributed by atoms with van der Waals surface area (Å²) in [6.45, 7) is 8.63. The Kier molecular flexibility index (Phi) is 22.6. The van der Waals surface area contributed by atoms with Crippen molar-refractivity contribution in [1.82, 2.24) is 10.6 Å². The van der Waals surface area contributed by atoms with Gasteiger partial charge in [0.05, 0.1) is 46.5 Å². The van der Waals surface area contributed by atoms with E-state index in [-0.39, 0.29) is 0 Å². The largest absolute Gasteiger partial charge is 0.460 e. The quantitative estimate of drug-likeness (QED) is 0.0731. The molecular formula is C60H66F12N6O8. The molecule has 2 heterocycles. The van der Waals surface area contributed by atoms with Crippen LogP contribution in [0.5, 0.6) is 0 Å². The maximum atomic E-state index is 13.6. The van der Waals surface area contributed by atoms with Gasteiger partial charge in [-0.15, -0.1) is 0 Å². The van der Waals surface area contributed by atoms with Crippen LogP contribution in [0.1, 0.15) is 115 Å². The summed E-state index contributed by atoms with van der Waals surface area (Å²) < 4.78 is 169. The van der Waals surface area contributed by atoms with Gasteiger partial charge in [0, 0.05) is 62.0 Å². The Morgan fingerprint density at radius 3 is 0.988 bits per heavy atom. The monoisotopic (exact) mass is 1230 g/mol. The first-order valence-electron chi connectivity index (χ1n) is 27.1. The first-order valence-corrected chi connectivity index (χ1v) is 27.1. The normalized spacial score (nSPS) is 17.3. The van der Waals surface area contributed by atoms with Crippen molar-refractivity contribution < 1.29 is 90.9 Å². The molecule has 0 saturated carbocycles. The van der Waals surface area contributed by atoms with Gasteiger partial charge in [0.2, 0.25) is 24.1 Å². The lowest BCUT2D eigenvalue weighted by Crippen LogP contribution is -2.50. The summed E-state index contributed by atoms with van der Waals surface area (Å²) in [5.41, 5.74) is 1.30. The molecule has 0 radical (unpaired) electrons. The second-order valence-electron chi connectivity index (χ2n) is 22.4. The van der Waals surface area contributed by atoms with Crippen LogP contribution in [0, 0.1) is 23.7 Å². The van der Waals surface area contributed by atoms with Crippen LogP contribution < -0.4 is 20.4 Å². The number of carbonyl (C=O) groups excluding carboxylic acids is 6. The Morgan fingerprint density at radius 1 is 0.442 bits per heavy atom. The van der Waals surface area contributed by atoms with Crippen LogP contribution in [0.3, 0.4) is 0 Å². The van der Waals surface area contributed by atoms with Crippen LogP contribution in [-0.2, 0) is 38.2 Å². The van der Waals surface area contributed by atoms with Crippen molar-refractivity contribution in [2.45, 2.75) is 141 Å². The number of aliphatic imine (C=N–C) groups is 2. The van der Waals surface area contributed by atoms with E-state index in [9.17, 15) is 81.5 Å². The third kappa shape index (κ3) is 20.7. The molecule has 26 heteroatoms. The molecule has 2 aliphatic heterocycles. The number of anilines is 2. The molecule has 0 aliphatic carbocycles. The fraction of sp³-hybridized carbons (Fsp3) is 0.467. The van der Waals surface area contributed by atoms with Crippen LogP contribution >= 0.6 is 0 Å². The lowest BCUT2D eigenvalue weighted by Gasteiger charge is -2.30. The van der Waals surface area contributed by atoms with Gasteiger partial charge in [-0.2, -0.15) is 52.7 Å². The van der Waals surface area contributed by atoms with Gasteiger partial charge in [-0.05, 0) is 79.4 Å². The third-order valence-electron chi connectivity index (χ3n) is 13.4. The van der Waals surface area contributed by atoms with E-state index in [1.54, 1.807) is 109 Å². The van der Waals surface area contributed by atoms with Gasteiger partial charge in [-0.25, -0.2) is 9.98 Å². The molecule has 2 aliphatic rings. The van der Waals surface area contributed by atoms with E-state index in [2.05, 4.69) is 20.6 Å². The number of hydrogen-bond donors (Lipinski definition) is 2. The lowest BCUT2D eigenvalue weighted by molar-refractivity contribution is -0.171. The molecule has 0 aromatic heterocycles. The summed E-state index contributed by atoms with van der Waals surface area (Å²) in [4.78, 5) is 91.7. The number of benzene rings is 4. The second-order valence-corrected chi connectivity index (χ2v) is 22.4. The SMILES string of the molecule is CN1C(=O)[C@@H](NC(=O)[C@H](CCC(F)(F)F)[C@@H](CCC(F)(F)F)C(=O)OC(C)(C)C)N=C(c2ccccc2)c2ccccc21.CN1C(=O)[C@@H](NC(=O)[C@H](CCC(F)(F)F)[C@H](CCC(F)(F)F)C(=O)OC(C)(C)C)N=C(c2ccccc2)c2ccccc21. The van der Waals surface area contributed by atoms with Crippen molar-refractivity contribution >= 4 is 58.4 Å². The van der Waals surface area contributed by atoms with Crippen molar-refractivity contribution in [3.8, 4) is 0 Å². The van der Waals surface area contributed by atoms with E-state index in [0.717, 1.165) is 0 Å². The van der Waals surface area contributed by atoms with Gasteiger partial charge in [-0.3, -0.25) is 28.8 Å². The fourth-order valence-corrected chi connectivity index (χ4v) is 9.40. The van der Waals surface area contributed by atoms with E-state index in [0.29, 0.717) is 45.1 Å². The second kappa shape index (κ2) is 28.1. The summed E-state index contributed by atoms with van der Waals surface area (Å²) in [6.07, 6.45) is -32.6. The molecule has 0 unspecified atom stereocenters. The van der Waals surface area contributed by atoms with E-state index >= 15 is 0 Å². The molecule has 4 amide bonds. The third-order valence-corrected chi connectivity index (χ3v) is 13.4. The van der Waals surface area contributed by atoms with Gasteiger partial charge in [-0.1, -0.05) is 97.1 Å². The number of fused-ring (bicyclic) bond motifs is 2. The Bertz CT molecular complexity index is 2880. The number of benzodiazepines with no additional fused rings is 2. The number of nitrogens with one attached hydrogen (secondary N) is 2. The van der Waals surface area contributed by atoms with Crippen molar-refractivity contribution in [3.63, 3.8) is 0 Å². The Balaban J connectivity index is 0.000000314. The Labute approximate surface area is 488 Å². The highest BCUT2D eigenvalue weighted by molar-refractivity contribution is 6.21. The number of nitrogens with zero attached hydrogens (tertiary/aromatic N) is 4. The van der Waals surface area contributed by atoms with Gasteiger partial charge >= 0.3 is 36.6 Å². The first-order chi connectivity index (χ1) is 39.7. The number of amides is 4. The zero-order valence-corrected chi connectivity index (χ0v) is 48.1. The van der Waals surface area contributed by atoms with Crippen molar-refractivity contribution in [2.75, 3.05) is 23.9 Å². The molecule has 0 saturated heterocycles. The van der Waals surface area contributed by atoms with Gasteiger partial charge < -0.3 is 29.9 Å². The lowest BCUT2D eigenvalue weighted by atomic mass is 9.83. The minimum absolute atomic E-state index is 0.298. The molecule has 14 nitrogen and oxygen atoms in total. The topological polar surface area (TPSA) is 176 Å². The molecule has 468 valence electrons. The minimum Gasteiger partial charge on any atom is -0.460 e. The number of alkyl halides is 12. The van der Waals surface area contributed by atoms with E-state index in [1.807, 2.05) is 0 Å². The fourth-order valence-electron chi connectivity index (χ4n) is 9.40. The van der Waals surface area contributed by atoms with Crippen LogP contribution in [0.4, 0.5) is 64.1 Å². The van der Waals surface area contributed by atoms with Gasteiger partial charge in [0.15, 0.2) is 0 Å². The zero-order chi connectivity index (χ0) is 64.3. The number of carbonyl (C=O) groups is 6. The summed E-state index contributed by atoms with van der Waals surface area (Å²) in [5, 5.41) is 4.66. The highest BCUT2D eigenvalue weighted by Crippen LogP contribution is 2.38. The van der Waals surface area contributed by atoms with Crippen LogP contribution in [0.2, 0.25) is 0 Å². The van der Waals surface area contributed by atoms with Crippen LogP contribution in [0.15, 0.2) is 119 Å². The molecular weight excluding hydrogens is 1160 g/mol. The van der Waals surface area contributed by atoms with Crippen molar-refractivity contribution in [2.24, 2.45) is 33.7 Å². The molecule has 4 aromatic rings. The number of esters is 2. The van der Waals surface area contributed by atoms with Crippen LogP contribution in [0.25, 0.3) is 0 Å². The molecule has 4 aromatic carbocycles. The van der Waals surface area contributed by atoms with Gasteiger partial charge in [0.25, 0.3) is 11.8 Å². The molecule has 6 rings (SSSR count). The van der Waals surface area contributed by atoms with Gasteiger partial charge in [0.1, 0.15) is 11.2 Å². The number of hydrogen-bond acceptors (Lipinski definition) is 10. The Hall–Kier alpha value is -7.80. The predicted octanol–water partition coefficient (Wildman–Crippen LogP) is 12.4. The molecule has 6 atom stereocenters. The van der Waals surface area contributed by atoms with Crippen molar-refractivity contribution in [1.29, 1.82) is 0 Å². The minimum atomic E-state index is -4.78. The summed E-state index contributed by atoms with van der Waals surface area (Å²) in [6, 6.07) is 30.8. The smallest absolute Gasteiger partial charge is 0.389 e. The Morgan fingerprint density at radius 2 is 0.709 bits per heavy atom. The van der Waals surface area contributed by atoms with Crippen LogP contribution in [-0.4, -0.2) is 109 Å². The first kappa shape index (κ1) is 69.0. The average Bonchev–Trinajstić information content (AvgIpc) is 2.39. The highest BCUT2D eigenvalue weighted by atomic mass is 19.4. The average molecular weight is 1230 g/mol. The number of halogens is 12. The van der Waals surface area contributed by atoms with Crippen molar-refractivity contribution in [3.05, 3.63) is 131 Å². The number of para-hydroxylation sites is 2. The summed E-state index contributed by atoms with van der Waals surface area (Å²) >= 11 is 0. The standard InChI is InChI=1S/2C30H33F6N3O4/c2*1-28(2,3)43-27(42)20(15-17-30(34,35)36)19(14-16-29(31,32)33)25(40)38-24-26(41)39(4)22-13-9-8-12-21(22)23(37-24)18-10-6-5-7-11-18/h2*5-13,19-20,24H,14-17H2,1-4H3,(H,38,40)/t19-,20+,24-;19-,20-,24-/m11/s1. The van der Waals surface area contributed by atoms with E-state index < -0.39 is 159 Å². The van der Waals surface area contributed by atoms with E-state index in [4.69, 9.17) is 9.47 Å². The molecule has 0 spiro atoms. The maximum Gasteiger partial charge on any atom is 0.389 e. The number of ether oxygens (including phenoxy) is 2. The maximum absolute atomic E-state index is 13.6. The van der Waals surface area contributed by atoms with E-state index in [1.165, 1.54) is 65.4 Å². The highest BCUT2D eigenvalue weighted by Gasteiger charge is 2.46. The molecule has 0 bridgehead atoms. The summed E-state index contributed by atoms with van der Waals surface area (Å²) in [5.74, 6) is -14.0. The number of rotatable bonds is 18. The number of likely N-dealkylation sites (N-methyl/N-ethyl adjacent to an activating group) is 2. The summed E-state index contributed by atoms with van der Waals surface area (Å²) in [7, 11) is 2.86. The predicted molar refractivity (Wildman–Crippen MR) is 295 cm³/mol. The molecule has 0 fully saturated rings.